The molecule has 1 rings (SSSR count). The van der Waals surface area contributed by atoms with Gasteiger partial charge in [0, 0.05) is 0 Å². The van der Waals surface area contributed by atoms with E-state index in [-0.39, 0.29) is 20.3 Å². The summed E-state index contributed by atoms with van der Waals surface area (Å²) in [5, 5.41) is 45.6. The minimum atomic E-state index is -1.67. The lowest BCUT2D eigenvalue weighted by Crippen LogP contribution is -2.59. The number of aliphatic hydroxyl groups excluding tert-OH is 4. The zero-order chi connectivity index (χ0) is 9.35. The SMILES string of the molecule is C.OCC1(O)CCC(O)C(O)C1O. The highest BCUT2D eigenvalue weighted by atomic mass is 16.4. The van der Waals surface area contributed by atoms with Crippen molar-refractivity contribution in [3.63, 3.8) is 0 Å². The van der Waals surface area contributed by atoms with Crippen LogP contribution in [0.1, 0.15) is 20.3 Å². The largest absolute Gasteiger partial charge is 0.393 e. The average molecular weight is 194 g/mol. The van der Waals surface area contributed by atoms with Crippen molar-refractivity contribution in [2.75, 3.05) is 6.61 Å². The Labute approximate surface area is 77.3 Å². The van der Waals surface area contributed by atoms with Gasteiger partial charge in [-0.25, -0.2) is 0 Å². The molecule has 0 amide bonds. The van der Waals surface area contributed by atoms with Crippen molar-refractivity contribution >= 4 is 0 Å². The van der Waals surface area contributed by atoms with Gasteiger partial charge < -0.3 is 25.5 Å². The van der Waals surface area contributed by atoms with Gasteiger partial charge in [-0.3, -0.25) is 0 Å². The average Bonchev–Trinajstić information content (AvgIpc) is 2.09. The lowest BCUT2D eigenvalue weighted by atomic mass is 9.79. The molecule has 13 heavy (non-hydrogen) atoms. The van der Waals surface area contributed by atoms with Gasteiger partial charge >= 0.3 is 0 Å². The molecular formula is C8H18O5. The van der Waals surface area contributed by atoms with Gasteiger partial charge in [0.2, 0.25) is 0 Å². The molecule has 0 aliphatic heterocycles. The lowest BCUT2D eigenvalue weighted by Gasteiger charge is -2.40. The van der Waals surface area contributed by atoms with Crippen LogP contribution < -0.4 is 0 Å². The molecule has 5 heteroatoms. The number of hydrogen-bond acceptors (Lipinski definition) is 5. The smallest absolute Gasteiger partial charge is 0.116 e. The molecule has 80 valence electrons. The van der Waals surface area contributed by atoms with Crippen LogP contribution in [0.4, 0.5) is 0 Å². The predicted octanol–water partition coefficient (Wildman–Crippen LogP) is -1.78. The Balaban J connectivity index is 0.00000144. The molecule has 0 aromatic heterocycles. The third-order valence-corrected chi connectivity index (χ3v) is 2.42. The molecule has 1 fully saturated rings. The molecule has 4 unspecified atom stereocenters. The van der Waals surface area contributed by atoms with Crippen LogP contribution in [0.25, 0.3) is 0 Å². The Kier molecular flexibility index (Phi) is 4.28. The van der Waals surface area contributed by atoms with Gasteiger partial charge in [0.25, 0.3) is 0 Å². The van der Waals surface area contributed by atoms with E-state index in [4.69, 9.17) is 15.3 Å². The van der Waals surface area contributed by atoms with Crippen LogP contribution in [-0.2, 0) is 0 Å². The van der Waals surface area contributed by atoms with E-state index < -0.39 is 30.5 Å². The molecule has 5 N–H and O–H groups in total. The van der Waals surface area contributed by atoms with Gasteiger partial charge in [-0.15, -0.1) is 0 Å². The van der Waals surface area contributed by atoms with Crippen molar-refractivity contribution in [3.05, 3.63) is 0 Å². The summed E-state index contributed by atoms with van der Waals surface area (Å²) >= 11 is 0. The minimum Gasteiger partial charge on any atom is -0.393 e. The maximum absolute atomic E-state index is 9.47. The molecular weight excluding hydrogens is 176 g/mol. The number of aliphatic hydroxyl groups is 5. The van der Waals surface area contributed by atoms with E-state index in [1.807, 2.05) is 0 Å². The van der Waals surface area contributed by atoms with Crippen LogP contribution >= 0.6 is 0 Å². The highest BCUT2D eigenvalue weighted by Gasteiger charge is 2.46. The first kappa shape index (κ1) is 12.8. The van der Waals surface area contributed by atoms with Crippen molar-refractivity contribution in [1.82, 2.24) is 0 Å². The van der Waals surface area contributed by atoms with E-state index >= 15 is 0 Å². The highest BCUT2D eigenvalue weighted by Crippen LogP contribution is 2.28. The molecule has 1 aliphatic carbocycles. The fourth-order valence-corrected chi connectivity index (χ4v) is 1.42. The van der Waals surface area contributed by atoms with Crippen LogP contribution in [-0.4, -0.2) is 56.1 Å². The van der Waals surface area contributed by atoms with Crippen LogP contribution in [0.5, 0.6) is 0 Å². The van der Waals surface area contributed by atoms with Gasteiger partial charge in [-0.1, -0.05) is 7.43 Å². The van der Waals surface area contributed by atoms with Gasteiger partial charge in [0.15, 0.2) is 0 Å². The zero-order valence-corrected chi connectivity index (χ0v) is 6.59. The van der Waals surface area contributed by atoms with E-state index in [1.165, 1.54) is 0 Å². The summed E-state index contributed by atoms with van der Waals surface area (Å²) in [6, 6.07) is 0. The van der Waals surface area contributed by atoms with Crippen molar-refractivity contribution < 1.29 is 25.5 Å². The molecule has 0 aromatic rings. The predicted molar refractivity (Wildman–Crippen MR) is 46.0 cm³/mol. The molecule has 4 atom stereocenters. The quantitative estimate of drug-likeness (QED) is 0.340. The zero-order valence-electron chi connectivity index (χ0n) is 6.59. The van der Waals surface area contributed by atoms with Crippen molar-refractivity contribution in [2.45, 2.75) is 44.2 Å². The second-order valence-electron chi connectivity index (χ2n) is 3.30. The first-order valence-electron chi connectivity index (χ1n) is 3.89. The molecule has 0 spiro atoms. The molecule has 0 heterocycles. The highest BCUT2D eigenvalue weighted by molar-refractivity contribution is 4.97. The molecule has 1 aliphatic rings. The maximum Gasteiger partial charge on any atom is 0.116 e. The van der Waals surface area contributed by atoms with E-state index in [0.717, 1.165) is 0 Å². The molecule has 0 bridgehead atoms. The number of hydrogen-bond donors (Lipinski definition) is 5. The summed E-state index contributed by atoms with van der Waals surface area (Å²) in [5.41, 5.74) is -1.67. The summed E-state index contributed by atoms with van der Waals surface area (Å²) in [4.78, 5) is 0. The van der Waals surface area contributed by atoms with Crippen LogP contribution in [0.3, 0.4) is 0 Å². The summed E-state index contributed by atoms with van der Waals surface area (Å²) < 4.78 is 0. The van der Waals surface area contributed by atoms with Crippen LogP contribution in [0, 0.1) is 0 Å². The minimum absolute atomic E-state index is 0. The lowest BCUT2D eigenvalue weighted by molar-refractivity contribution is -0.197. The second-order valence-corrected chi connectivity index (χ2v) is 3.30. The molecule has 1 saturated carbocycles. The summed E-state index contributed by atoms with van der Waals surface area (Å²) in [7, 11) is 0. The Morgan fingerprint density at radius 2 is 1.77 bits per heavy atom. The third kappa shape index (κ3) is 2.18. The van der Waals surface area contributed by atoms with E-state index in [2.05, 4.69) is 0 Å². The molecule has 5 nitrogen and oxygen atoms in total. The first-order valence-corrected chi connectivity index (χ1v) is 3.89. The topological polar surface area (TPSA) is 101 Å². The Bertz CT molecular complexity index is 163. The monoisotopic (exact) mass is 194 g/mol. The fourth-order valence-electron chi connectivity index (χ4n) is 1.42. The Hall–Kier alpha value is -0.200. The van der Waals surface area contributed by atoms with Crippen molar-refractivity contribution in [2.24, 2.45) is 0 Å². The van der Waals surface area contributed by atoms with E-state index in [1.54, 1.807) is 0 Å². The van der Waals surface area contributed by atoms with E-state index in [9.17, 15) is 10.2 Å². The van der Waals surface area contributed by atoms with Crippen LogP contribution in [0.15, 0.2) is 0 Å². The van der Waals surface area contributed by atoms with Crippen molar-refractivity contribution in [1.29, 1.82) is 0 Å². The van der Waals surface area contributed by atoms with Gasteiger partial charge in [0.05, 0.1) is 12.7 Å². The van der Waals surface area contributed by atoms with Gasteiger partial charge in [-0.2, -0.15) is 0 Å². The standard InChI is InChI=1S/C7H14O5.CH4/c8-3-7(12)2-1-4(9)5(10)6(7)11;/h4-6,8-12H,1-3H2;1H4. The Morgan fingerprint density at radius 1 is 1.23 bits per heavy atom. The van der Waals surface area contributed by atoms with Crippen molar-refractivity contribution in [3.8, 4) is 0 Å². The Morgan fingerprint density at radius 3 is 2.23 bits per heavy atom. The maximum atomic E-state index is 9.47. The van der Waals surface area contributed by atoms with Gasteiger partial charge in [0.1, 0.15) is 17.8 Å². The molecule has 0 radical (unpaired) electrons. The third-order valence-electron chi connectivity index (χ3n) is 2.42. The van der Waals surface area contributed by atoms with E-state index in [0.29, 0.717) is 0 Å². The summed E-state index contributed by atoms with van der Waals surface area (Å²) in [6.07, 6.45) is -3.62. The first-order chi connectivity index (χ1) is 5.51. The summed E-state index contributed by atoms with van der Waals surface area (Å²) in [6.45, 7) is -0.613. The number of rotatable bonds is 1. The van der Waals surface area contributed by atoms with Gasteiger partial charge in [-0.05, 0) is 12.8 Å². The fraction of sp³-hybridized carbons (Fsp3) is 1.00. The summed E-state index contributed by atoms with van der Waals surface area (Å²) in [5.74, 6) is 0. The van der Waals surface area contributed by atoms with Crippen LogP contribution in [0.2, 0.25) is 0 Å². The molecule has 0 aromatic carbocycles. The normalized spacial score (nSPS) is 45.5. The molecule has 0 saturated heterocycles. The second kappa shape index (κ2) is 4.34.